The summed E-state index contributed by atoms with van der Waals surface area (Å²) in [4.78, 5) is 6.08. The van der Waals surface area contributed by atoms with Crippen LogP contribution in [0.2, 0.25) is 0 Å². The van der Waals surface area contributed by atoms with Gasteiger partial charge in [0, 0.05) is 20.7 Å². The molecule has 1 saturated heterocycles. The van der Waals surface area contributed by atoms with Crippen molar-refractivity contribution in [1.82, 2.24) is 10.1 Å². The van der Waals surface area contributed by atoms with Crippen LogP contribution in [0.3, 0.4) is 0 Å². The Labute approximate surface area is 76.7 Å². The van der Waals surface area contributed by atoms with E-state index in [1.54, 1.807) is 0 Å². The highest BCUT2D eigenvalue weighted by atomic mass is 16.5. The molecule has 0 N–H and O–H groups in total. The van der Waals surface area contributed by atoms with Gasteiger partial charge in [-0.05, 0) is 11.6 Å². The second kappa shape index (κ2) is 3.33. The van der Waals surface area contributed by atoms with Gasteiger partial charge >= 0.3 is 0 Å². The molecule has 1 aromatic heterocycles. The summed E-state index contributed by atoms with van der Waals surface area (Å²) in [5, 5.41) is 3.84. The first-order valence-electron chi connectivity index (χ1n) is 4.36. The number of ether oxygens (including phenoxy) is 1. The molecule has 0 aromatic carbocycles. The Kier molecular flexibility index (Phi) is 2.18. The fourth-order valence-corrected chi connectivity index (χ4v) is 1.30. The first-order valence-corrected chi connectivity index (χ1v) is 4.36. The van der Waals surface area contributed by atoms with Gasteiger partial charge in [0.2, 0.25) is 5.89 Å². The predicted molar refractivity (Wildman–Crippen MR) is 46.8 cm³/mol. The quantitative estimate of drug-likeness (QED) is 0.673. The van der Waals surface area contributed by atoms with E-state index in [1.165, 1.54) is 0 Å². The molecule has 2 rings (SSSR count). The zero-order valence-corrected chi connectivity index (χ0v) is 7.86. The number of anilines is 1. The lowest BCUT2D eigenvalue weighted by atomic mass is 10.1. The zero-order chi connectivity index (χ0) is 9.26. The van der Waals surface area contributed by atoms with E-state index in [0.29, 0.717) is 24.4 Å². The van der Waals surface area contributed by atoms with Crippen LogP contribution in [0.15, 0.2) is 4.52 Å². The van der Waals surface area contributed by atoms with Crippen molar-refractivity contribution in [2.24, 2.45) is 0 Å². The van der Waals surface area contributed by atoms with Crippen LogP contribution >= 0.6 is 0 Å². The van der Waals surface area contributed by atoms with Crippen molar-refractivity contribution in [3.8, 4) is 0 Å². The van der Waals surface area contributed by atoms with Gasteiger partial charge in [0.1, 0.15) is 0 Å². The number of rotatable bonds is 2. The lowest BCUT2D eigenvalue weighted by Gasteiger charge is -2.03. The molecule has 5 heteroatoms. The second-order valence-electron chi connectivity index (χ2n) is 3.39. The Bertz CT molecular complexity index is 279. The SMILES string of the molecule is CN(C)c1noc(C2CCOC2)n1. The highest BCUT2D eigenvalue weighted by molar-refractivity contribution is 5.24. The van der Waals surface area contributed by atoms with Gasteiger partial charge in [0.25, 0.3) is 5.95 Å². The molecule has 2 heterocycles. The van der Waals surface area contributed by atoms with E-state index in [0.717, 1.165) is 13.0 Å². The highest BCUT2D eigenvalue weighted by Crippen LogP contribution is 2.24. The molecule has 1 fully saturated rings. The largest absolute Gasteiger partial charge is 0.381 e. The Morgan fingerprint density at radius 3 is 2.85 bits per heavy atom. The smallest absolute Gasteiger partial charge is 0.265 e. The van der Waals surface area contributed by atoms with Crippen molar-refractivity contribution in [2.45, 2.75) is 12.3 Å². The number of nitrogens with zero attached hydrogens (tertiary/aromatic N) is 3. The lowest BCUT2D eigenvalue weighted by molar-refractivity contribution is 0.189. The average Bonchev–Trinajstić information content (AvgIpc) is 2.75. The van der Waals surface area contributed by atoms with Crippen LogP contribution in [0, 0.1) is 0 Å². The van der Waals surface area contributed by atoms with Gasteiger partial charge < -0.3 is 14.2 Å². The van der Waals surface area contributed by atoms with E-state index in [-0.39, 0.29) is 0 Å². The second-order valence-corrected chi connectivity index (χ2v) is 3.39. The van der Waals surface area contributed by atoms with E-state index in [9.17, 15) is 0 Å². The molecule has 13 heavy (non-hydrogen) atoms. The Balaban J connectivity index is 2.12. The van der Waals surface area contributed by atoms with Crippen molar-refractivity contribution in [1.29, 1.82) is 0 Å². The summed E-state index contributed by atoms with van der Waals surface area (Å²) < 4.78 is 10.4. The molecular formula is C8H13N3O2. The summed E-state index contributed by atoms with van der Waals surface area (Å²) in [7, 11) is 3.78. The monoisotopic (exact) mass is 183 g/mol. The van der Waals surface area contributed by atoms with Crippen molar-refractivity contribution < 1.29 is 9.26 Å². The van der Waals surface area contributed by atoms with E-state index in [1.807, 2.05) is 19.0 Å². The topological polar surface area (TPSA) is 51.4 Å². The molecule has 0 aliphatic carbocycles. The van der Waals surface area contributed by atoms with Crippen LogP contribution in [0.1, 0.15) is 18.2 Å². The van der Waals surface area contributed by atoms with E-state index in [2.05, 4.69) is 10.1 Å². The molecule has 0 saturated carbocycles. The summed E-state index contributed by atoms with van der Waals surface area (Å²) in [6, 6.07) is 0. The molecule has 5 nitrogen and oxygen atoms in total. The Hall–Kier alpha value is -1.10. The normalized spacial score (nSPS) is 22.2. The zero-order valence-electron chi connectivity index (χ0n) is 7.86. The third kappa shape index (κ3) is 1.65. The van der Waals surface area contributed by atoms with Crippen LogP contribution in [0.5, 0.6) is 0 Å². The van der Waals surface area contributed by atoms with Gasteiger partial charge in [-0.2, -0.15) is 4.98 Å². The van der Waals surface area contributed by atoms with Crippen molar-refractivity contribution in [3.63, 3.8) is 0 Å². The first kappa shape index (κ1) is 8.50. The van der Waals surface area contributed by atoms with Gasteiger partial charge in [0.15, 0.2) is 0 Å². The minimum atomic E-state index is 0.293. The molecule has 1 unspecified atom stereocenters. The molecule has 0 radical (unpaired) electrons. The number of hydrogen-bond donors (Lipinski definition) is 0. The molecule has 1 aliphatic rings. The summed E-state index contributed by atoms with van der Waals surface area (Å²) in [5.41, 5.74) is 0. The third-order valence-corrected chi connectivity index (χ3v) is 2.11. The molecule has 1 aromatic rings. The van der Waals surface area contributed by atoms with Crippen molar-refractivity contribution in [2.75, 3.05) is 32.2 Å². The van der Waals surface area contributed by atoms with Crippen LogP contribution in [0.4, 0.5) is 5.95 Å². The van der Waals surface area contributed by atoms with Crippen LogP contribution in [0.25, 0.3) is 0 Å². The summed E-state index contributed by atoms with van der Waals surface area (Å²) in [6.07, 6.45) is 0.981. The van der Waals surface area contributed by atoms with E-state index >= 15 is 0 Å². The van der Waals surface area contributed by atoms with Crippen LogP contribution in [-0.2, 0) is 4.74 Å². The minimum absolute atomic E-state index is 0.293. The average molecular weight is 183 g/mol. The van der Waals surface area contributed by atoms with Crippen molar-refractivity contribution in [3.05, 3.63) is 5.89 Å². The number of hydrogen-bond acceptors (Lipinski definition) is 5. The highest BCUT2D eigenvalue weighted by Gasteiger charge is 2.23. The number of aromatic nitrogens is 2. The van der Waals surface area contributed by atoms with Gasteiger partial charge in [-0.3, -0.25) is 0 Å². The fourth-order valence-electron chi connectivity index (χ4n) is 1.30. The maximum atomic E-state index is 5.24. The predicted octanol–water partition coefficient (Wildman–Crippen LogP) is 0.639. The maximum absolute atomic E-state index is 5.24. The maximum Gasteiger partial charge on any atom is 0.265 e. The van der Waals surface area contributed by atoms with Crippen molar-refractivity contribution >= 4 is 5.95 Å². The van der Waals surface area contributed by atoms with E-state index in [4.69, 9.17) is 9.26 Å². The fraction of sp³-hybridized carbons (Fsp3) is 0.750. The van der Waals surface area contributed by atoms with E-state index < -0.39 is 0 Å². The molecule has 1 aliphatic heterocycles. The standard InChI is InChI=1S/C8H13N3O2/c1-11(2)8-9-7(13-10-8)6-3-4-12-5-6/h6H,3-5H2,1-2H3. The van der Waals surface area contributed by atoms with Gasteiger partial charge in [-0.25, -0.2) is 0 Å². The molecule has 72 valence electrons. The molecule has 1 atom stereocenters. The minimum Gasteiger partial charge on any atom is -0.381 e. The summed E-state index contributed by atoms with van der Waals surface area (Å²) >= 11 is 0. The third-order valence-electron chi connectivity index (χ3n) is 2.11. The Morgan fingerprint density at radius 2 is 2.31 bits per heavy atom. The van der Waals surface area contributed by atoms with Gasteiger partial charge in [-0.1, -0.05) is 0 Å². The Morgan fingerprint density at radius 1 is 1.46 bits per heavy atom. The van der Waals surface area contributed by atoms with Gasteiger partial charge in [0.05, 0.1) is 12.5 Å². The molecule has 0 spiro atoms. The van der Waals surface area contributed by atoms with Crippen LogP contribution < -0.4 is 4.90 Å². The lowest BCUT2D eigenvalue weighted by Crippen LogP contribution is -2.10. The summed E-state index contributed by atoms with van der Waals surface area (Å²) in [6.45, 7) is 1.50. The van der Waals surface area contributed by atoms with Crippen LogP contribution in [-0.4, -0.2) is 37.4 Å². The molecular weight excluding hydrogens is 170 g/mol. The van der Waals surface area contributed by atoms with Gasteiger partial charge in [-0.15, -0.1) is 0 Å². The first-order chi connectivity index (χ1) is 6.27. The molecule has 0 bridgehead atoms. The summed E-state index contributed by atoms with van der Waals surface area (Å²) in [5.74, 6) is 1.62. The molecule has 0 amide bonds.